The second-order valence-electron chi connectivity index (χ2n) is 7.42. The van der Waals surface area contributed by atoms with Crippen LogP contribution in [0, 0.1) is 5.82 Å². The molecule has 6 nitrogen and oxygen atoms in total. The lowest BCUT2D eigenvalue weighted by atomic mass is 9.84. The van der Waals surface area contributed by atoms with E-state index in [1.807, 2.05) is 6.92 Å². The molecule has 1 atom stereocenters. The number of hydrogen-bond acceptors (Lipinski definition) is 4. The van der Waals surface area contributed by atoms with Gasteiger partial charge in [-0.2, -0.15) is 0 Å². The summed E-state index contributed by atoms with van der Waals surface area (Å²) in [6.07, 6.45) is 1.95. The standard InChI is InChI=1S/C23H25FN2O4/c1-4-5-12-23(18-7-9-19(24)10-8-18)21(28)26(22(29)25-23)14-17-13-16(15(2)27)6-11-20(17)30-3/h6-11,13H,4-5,12,14H2,1-3H3,(H,25,29)/t23-/m0/s1. The van der Waals surface area contributed by atoms with Gasteiger partial charge in [-0.05, 0) is 49.2 Å². The highest BCUT2D eigenvalue weighted by molar-refractivity contribution is 6.07. The molecule has 0 saturated carbocycles. The number of methoxy groups -OCH3 is 1. The molecule has 1 aliphatic heterocycles. The first-order valence-corrected chi connectivity index (χ1v) is 9.90. The van der Waals surface area contributed by atoms with E-state index in [0.29, 0.717) is 35.3 Å². The Morgan fingerprint density at radius 3 is 2.47 bits per heavy atom. The predicted molar refractivity (Wildman–Crippen MR) is 110 cm³/mol. The van der Waals surface area contributed by atoms with Gasteiger partial charge in [0.05, 0.1) is 13.7 Å². The number of halogens is 1. The van der Waals surface area contributed by atoms with E-state index in [1.54, 1.807) is 18.2 Å². The average molecular weight is 412 g/mol. The van der Waals surface area contributed by atoms with Crippen LogP contribution >= 0.6 is 0 Å². The van der Waals surface area contributed by atoms with Crippen LogP contribution in [0.4, 0.5) is 9.18 Å². The molecule has 1 fully saturated rings. The van der Waals surface area contributed by atoms with Crippen molar-refractivity contribution in [3.8, 4) is 5.75 Å². The number of rotatable bonds is 8. The molecule has 2 aromatic rings. The Hall–Kier alpha value is -3.22. The van der Waals surface area contributed by atoms with Crippen molar-refractivity contribution in [3.63, 3.8) is 0 Å². The van der Waals surface area contributed by atoms with Gasteiger partial charge in [0, 0.05) is 11.1 Å². The minimum atomic E-state index is -1.24. The number of nitrogens with one attached hydrogen (secondary N) is 1. The molecule has 0 unspecified atom stereocenters. The third-order valence-corrected chi connectivity index (χ3v) is 5.43. The van der Waals surface area contributed by atoms with Gasteiger partial charge >= 0.3 is 6.03 Å². The molecule has 3 rings (SSSR count). The Bertz CT molecular complexity index is 974. The number of carbonyl (C=O) groups excluding carboxylic acids is 3. The fraction of sp³-hybridized carbons (Fsp3) is 0.348. The molecule has 0 radical (unpaired) electrons. The Kier molecular flexibility index (Phi) is 6.20. The Morgan fingerprint density at radius 1 is 1.17 bits per heavy atom. The summed E-state index contributed by atoms with van der Waals surface area (Å²) >= 11 is 0. The van der Waals surface area contributed by atoms with Crippen LogP contribution in [0.25, 0.3) is 0 Å². The number of urea groups is 1. The predicted octanol–water partition coefficient (Wildman–Crippen LogP) is 4.17. The van der Waals surface area contributed by atoms with Gasteiger partial charge in [-0.25, -0.2) is 9.18 Å². The number of nitrogens with zero attached hydrogens (tertiary/aromatic N) is 1. The summed E-state index contributed by atoms with van der Waals surface area (Å²) in [5.74, 6) is -0.459. The summed E-state index contributed by atoms with van der Waals surface area (Å²) in [6, 6.07) is 10.0. The lowest BCUT2D eigenvalue weighted by Crippen LogP contribution is -2.44. The van der Waals surface area contributed by atoms with Crippen LogP contribution in [0.3, 0.4) is 0 Å². The number of Topliss-reactive ketones (excluding diaryl/α,β-unsaturated/α-hetero) is 1. The first kappa shape index (κ1) is 21.5. The van der Waals surface area contributed by atoms with Gasteiger partial charge in [-0.15, -0.1) is 0 Å². The number of amides is 3. The van der Waals surface area contributed by atoms with Crippen molar-refractivity contribution in [1.29, 1.82) is 0 Å². The molecule has 30 heavy (non-hydrogen) atoms. The molecule has 0 aliphatic carbocycles. The summed E-state index contributed by atoms with van der Waals surface area (Å²) in [6.45, 7) is 3.41. The first-order chi connectivity index (χ1) is 14.3. The van der Waals surface area contributed by atoms with Crippen molar-refractivity contribution in [3.05, 3.63) is 65.0 Å². The SMILES string of the molecule is CCCC[C@@]1(c2ccc(F)cc2)NC(=O)N(Cc2cc(C(C)=O)ccc2OC)C1=O. The number of hydrogen-bond donors (Lipinski definition) is 1. The Morgan fingerprint density at radius 2 is 1.87 bits per heavy atom. The van der Waals surface area contributed by atoms with Gasteiger partial charge in [0.1, 0.15) is 17.1 Å². The van der Waals surface area contributed by atoms with Crippen molar-refractivity contribution >= 4 is 17.7 Å². The highest BCUT2D eigenvalue weighted by Crippen LogP contribution is 2.36. The van der Waals surface area contributed by atoms with Crippen LogP contribution in [-0.2, 0) is 16.9 Å². The lowest BCUT2D eigenvalue weighted by molar-refractivity contribution is -0.132. The summed E-state index contributed by atoms with van der Waals surface area (Å²) in [7, 11) is 1.49. The molecule has 158 valence electrons. The van der Waals surface area contributed by atoms with Crippen molar-refractivity contribution in [2.45, 2.75) is 45.2 Å². The van der Waals surface area contributed by atoms with Gasteiger partial charge in [0.15, 0.2) is 5.78 Å². The van der Waals surface area contributed by atoms with Crippen LogP contribution in [0.15, 0.2) is 42.5 Å². The van der Waals surface area contributed by atoms with Crippen molar-refractivity contribution < 1.29 is 23.5 Å². The van der Waals surface area contributed by atoms with E-state index in [1.165, 1.54) is 38.3 Å². The maximum absolute atomic E-state index is 13.5. The van der Waals surface area contributed by atoms with Crippen LogP contribution in [0.5, 0.6) is 5.75 Å². The number of unbranched alkanes of at least 4 members (excludes halogenated alkanes) is 1. The van der Waals surface area contributed by atoms with Crippen molar-refractivity contribution in [1.82, 2.24) is 10.2 Å². The van der Waals surface area contributed by atoms with Crippen LogP contribution in [0.1, 0.15) is 54.6 Å². The fourth-order valence-electron chi connectivity index (χ4n) is 3.75. The van der Waals surface area contributed by atoms with E-state index in [2.05, 4.69) is 5.32 Å². The fourth-order valence-corrected chi connectivity index (χ4v) is 3.75. The smallest absolute Gasteiger partial charge is 0.325 e. The van der Waals surface area contributed by atoms with E-state index in [4.69, 9.17) is 4.74 Å². The third-order valence-electron chi connectivity index (χ3n) is 5.43. The normalized spacial score (nSPS) is 18.5. The van der Waals surface area contributed by atoms with Gasteiger partial charge in [-0.3, -0.25) is 14.5 Å². The number of benzene rings is 2. The van der Waals surface area contributed by atoms with Crippen LogP contribution in [0.2, 0.25) is 0 Å². The van der Waals surface area contributed by atoms with E-state index in [-0.39, 0.29) is 12.3 Å². The van der Waals surface area contributed by atoms with E-state index < -0.39 is 23.3 Å². The molecule has 3 amide bonds. The maximum Gasteiger partial charge on any atom is 0.325 e. The van der Waals surface area contributed by atoms with E-state index in [0.717, 1.165) is 11.3 Å². The highest BCUT2D eigenvalue weighted by Gasteiger charge is 2.51. The van der Waals surface area contributed by atoms with Crippen molar-refractivity contribution in [2.75, 3.05) is 7.11 Å². The Labute approximate surface area is 175 Å². The Balaban J connectivity index is 1.99. The molecule has 2 aromatic carbocycles. The molecule has 7 heteroatoms. The summed E-state index contributed by atoms with van der Waals surface area (Å²) in [4.78, 5) is 39.2. The molecular formula is C23H25FN2O4. The maximum atomic E-state index is 13.5. The number of ether oxygens (including phenoxy) is 1. The zero-order valence-corrected chi connectivity index (χ0v) is 17.3. The molecule has 1 saturated heterocycles. The minimum Gasteiger partial charge on any atom is -0.496 e. The van der Waals surface area contributed by atoms with Gasteiger partial charge in [0.25, 0.3) is 5.91 Å². The van der Waals surface area contributed by atoms with E-state index in [9.17, 15) is 18.8 Å². The third kappa shape index (κ3) is 3.92. The zero-order chi connectivity index (χ0) is 21.9. The quantitative estimate of drug-likeness (QED) is 0.521. The first-order valence-electron chi connectivity index (χ1n) is 9.90. The average Bonchev–Trinajstić information content (AvgIpc) is 2.97. The monoisotopic (exact) mass is 412 g/mol. The molecular weight excluding hydrogens is 387 g/mol. The summed E-state index contributed by atoms with van der Waals surface area (Å²) in [5, 5.41) is 2.84. The molecule has 0 bridgehead atoms. The minimum absolute atomic E-state index is 0.0377. The number of carbonyl (C=O) groups is 3. The molecule has 0 spiro atoms. The topological polar surface area (TPSA) is 75.7 Å². The van der Waals surface area contributed by atoms with Gasteiger partial charge < -0.3 is 10.1 Å². The number of imide groups is 1. The van der Waals surface area contributed by atoms with Crippen LogP contribution < -0.4 is 10.1 Å². The molecule has 1 aliphatic rings. The van der Waals surface area contributed by atoms with Crippen LogP contribution in [-0.4, -0.2) is 29.7 Å². The number of ketones is 1. The summed E-state index contributed by atoms with van der Waals surface area (Å²) in [5.41, 5.74) is 0.321. The summed E-state index contributed by atoms with van der Waals surface area (Å²) < 4.78 is 18.8. The van der Waals surface area contributed by atoms with Gasteiger partial charge in [-0.1, -0.05) is 31.9 Å². The zero-order valence-electron chi connectivity index (χ0n) is 17.3. The van der Waals surface area contributed by atoms with Gasteiger partial charge in [0.2, 0.25) is 0 Å². The second kappa shape index (κ2) is 8.65. The molecule has 1 heterocycles. The highest BCUT2D eigenvalue weighted by atomic mass is 19.1. The molecule has 0 aromatic heterocycles. The second-order valence-corrected chi connectivity index (χ2v) is 7.42. The largest absolute Gasteiger partial charge is 0.496 e. The lowest BCUT2D eigenvalue weighted by Gasteiger charge is -2.27. The van der Waals surface area contributed by atoms with E-state index >= 15 is 0 Å². The van der Waals surface area contributed by atoms with Crippen molar-refractivity contribution in [2.24, 2.45) is 0 Å². The molecule has 1 N–H and O–H groups in total.